The van der Waals surface area contributed by atoms with Crippen molar-refractivity contribution in [1.29, 1.82) is 0 Å². The van der Waals surface area contributed by atoms with Gasteiger partial charge in [-0.2, -0.15) is 0 Å². The largest absolute Gasteiger partial charge is 0.338 e. The van der Waals surface area contributed by atoms with Crippen molar-refractivity contribution in [1.82, 2.24) is 20.0 Å². The van der Waals surface area contributed by atoms with E-state index in [1.165, 1.54) is 64.8 Å². The molecule has 0 bridgehead atoms. The van der Waals surface area contributed by atoms with Crippen LogP contribution in [0.5, 0.6) is 0 Å². The van der Waals surface area contributed by atoms with Crippen LogP contribution in [-0.4, -0.2) is 80.1 Å². The Hall–Kier alpha value is -0.810. The molecular formula is C18H34N4O. The van der Waals surface area contributed by atoms with Gasteiger partial charge in [-0.3, -0.25) is 0 Å². The SMILES string of the molecule is CN1CCN(CCCCNC(=O)N2C[C@@H]3CCCC[C@H]3C2)CC1. The first-order valence-electron chi connectivity index (χ1n) is 9.66. The molecule has 1 saturated carbocycles. The number of carbonyl (C=O) groups is 1. The van der Waals surface area contributed by atoms with E-state index in [1.807, 2.05) is 0 Å². The molecule has 132 valence electrons. The molecule has 0 spiro atoms. The first kappa shape index (κ1) is 17.0. The van der Waals surface area contributed by atoms with Crippen LogP contribution in [0.3, 0.4) is 0 Å². The number of unbranched alkanes of at least 4 members (excludes halogenated alkanes) is 1. The summed E-state index contributed by atoms with van der Waals surface area (Å²) in [6, 6.07) is 0.180. The Kier molecular flexibility index (Phi) is 6.17. The number of nitrogens with one attached hydrogen (secondary N) is 1. The lowest BCUT2D eigenvalue weighted by molar-refractivity contribution is 0.152. The Morgan fingerprint density at radius 2 is 1.65 bits per heavy atom. The van der Waals surface area contributed by atoms with Crippen LogP contribution in [0.2, 0.25) is 0 Å². The molecule has 1 N–H and O–H groups in total. The second-order valence-corrected chi connectivity index (χ2v) is 7.79. The van der Waals surface area contributed by atoms with Crippen molar-refractivity contribution >= 4 is 6.03 Å². The summed E-state index contributed by atoms with van der Waals surface area (Å²) in [5.74, 6) is 1.57. The van der Waals surface area contributed by atoms with Gasteiger partial charge in [0.15, 0.2) is 0 Å². The number of carbonyl (C=O) groups excluding carboxylic acids is 1. The molecule has 0 unspecified atom stereocenters. The lowest BCUT2D eigenvalue weighted by atomic mass is 9.82. The van der Waals surface area contributed by atoms with Crippen molar-refractivity contribution in [3.63, 3.8) is 0 Å². The van der Waals surface area contributed by atoms with Gasteiger partial charge >= 0.3 is 6.03 Å². The summed E-state index contributed by atoms with van der Waals surface area (Å²) in [6.45, 7) is 8.77. The molecule has 2 atom stereocenters. The zero-order chi connectivity index (χ0) is 16.1. The number of hydrogen-bond acceptors (Lipinski definition) is 3. The predicted octanol–water partition coefficient (Wildman–Crippen LogP) is 1.85. The van der Waals surface area contributed by atoms with Gasteiger partial charge in [0.2, 0.25) is 0 Å². The van der Waals surface area contributed by atoms with Crippen molar-refractivity contribution in [2.75, 3.05) is 59.4 Å². The summed E-state index contributed by atoms with van der Waals surface area (Å²) < 4.78 is 0. The van der Waals surface area contributed by atoms with E-state index in [9.17, 15) is 4.79 Å². The van der Waals surface area contributed by atoms with E-state index < -0.39 is 0 Å². The highest BCUT2D eigenvalue weighted by atomic mass is 16.2. The Balaban J connectivity index is 1.25. The fourth-order valence-electron chi connectivity index (χ4n) is 4.41. The molecule has 2 saturated heterocycles. The molecule has 2 aliphatic heterocycles. The van der Waals surface area contributed by atoms with Crippen LogP contribution >= 0.6 is 0 Å². The van der Waals surface area contributed by atoms with Crippen molar-refractivity contribution in [2.45, 2.75) is 38.5 Å². The molecule has 2 heterocycles. The minimum atomic E-state index is 0.180. The summed E-state index contributed by atoms with van der Waals surface area (Å²) in [7, 11) is 2.20. The smallest absolute Gasteiger partial charge is 0.317 e. The summed E-state index contributed by atoms with van der Waals surface area (Å²) in [5.41, 5.74) is 0. The Morgan fingerprint density at radius 3 is 2.30 bits per heavy atom. The summed E-state index contributed by atoms with van der Waals surface area (Å²) in [4.78, 5) is 19.3. The van der Waals surface area contributed by atoms with Crippen LogP contribution in [-0.2, 0) is 0 Å². The van der Waals surface area contributed by atoms with Gasteiger partial charge in [-0.05, 0) is 51.1 Å². The van der Waals surface area contributed by atoms with Gasteiger partial charge in [-0.25, -0.2) is 4.79 Å². The van der Waals surface area contributed by atoms with Crippen molar-refractivity contribution in [3.8, 4) is 0 Å². The highest BCUT2D eigenvalue weighted by molar-refractivity contribution is 5.74. The van der Waals surface area contributed by atoms with Gasteiger partial charge in [0, 0.05) is 45.8 Å². The maximum atomic E-state index is 12.3. The molecule has 1 aliphatic carbocycles. The number of piperazine rings is 1. The Morgan fingerprint density at radius 1 is 1.00 bits per heavy atom. The number of fused-ring (bicyclic) bond motifs is 1. The minimum absolute atomic E-state index is 0.180. The van der Waals surface area contributed by atoms with E-state index in [2.05, 4.69) is 27.1 Å². The lowest BCUT2D eigenvalue weighted by Gasteiger charge is -2.32. The highest BCUT2D eigenvalue weighted by Crippen LogP contribution is 2.35. The third-order valence-electron chi connectivity index (χ3n) is 6.04. The maximum Gasteiger partial charge on any atom is 0.317 e. The summed E-state index contributed by atoms with van der Waals surface area (Å²) in [6.07, 6.45) is 7.68. The van der Waals surface area contributed by atoms with E-state index in [4.69, 9.17) is 0 Å². The monoisotopic (exact) mass is 322 g/mol. The van der Waals surface area contributed by atoms with Crippen LogP contribution in [0.1, 0.15) is 38.5 Å². The number of amides is 2. The second-order valence-electron chi connectivity index (χ2n) is 7.79. The molecule has 0 radical (unpaired) electrons. The van der Waals surface area contributed by atoms with Crippen molar-refractivity contribution < 1.29 is 4.79 Å². The van der Waals surface area contributed by atoms with E-state index in [-0.39, 0.29) is 6.03 Å². The molecule has 5 heteroatoms. The van der Waals surface area contributed by atoms with Gasteiger partial charge < -0.3 is 20.0 Å². The number of hydrogen-bond donors (Lipinski definition) is 1. The maximum absolute atomic E-state index is 12.3. The average molecular weight is 322 g/mol. The molecule has 3 aliphatic rings. The third kappa shape index (κ3) is 4.83. The van der Waals surface area contributed by atoms with E-state index in [0.29, 0.717) is 0 Å². The number of likely N-dealkylation sites (N-methyl/N-ethyl adjacent to an activating group) is 1. The van der Waals surface area contributed by atoms with Crippen LogP contribution in [0.15, 0.2) is 0 Å². The fraction of sp³-hybridized carbons (Fsp3) is 0.944. The number of nitrogens with zero attached hydrogens (tertiary/aromatic N) is 3. The van der Waals surface area contributed by atoms with E-state index >= 15 is 0 Å². The van der Waals surface area contributed by atoms with Crippen molar-refractivity contribution in [2.24, 2.45) is 11.8 Å². The van der Waals surface area contributed by atoms with Gasteiger partial charge in [0.05, 0.1) is 0 Å². The molecule has 5 nitrogen and oxygen atoms in total. The Bertz CT molecular complexity index is 367. The standard InChI is InChI=1S/C18H34N4O/c1-20-10-12-21(13-11-20)9-5-4-8-19-18(23)22-14-16-6-2-3-7-17(16)15-22/h16-17H,2-15H2,1H3,(H,19,23)/t16-,17-/m0/s1. The van der Waals surface area contributed by atoms with Gasteiger partial charge in [0.25, 0.3) is 0 Å². The number of rotatable bonds is 5. The summed E-state index contributed by atoms with van der Waals surface area (Å²) in [5, 5.41) is 3.14. The van der Waals surface area contributed by atoms with E-state index in [0.717, 1.165) is 37.9 Å². The van der Waals surface area contributed by atoms with E-state index in [1.54, 1.807) is 0 Å². The molecule has 3 fully saturated rings. The second kappa shape index (κ2) is 8.34. The normalized spacial score (nSPS) is 29.5. The molecule has 0 aromatic heterocycles. The number of likely N-dealkylation sites (tertiary alicyclic amines) is 1. The zero-order valence-corrected chi connectivity index (χ0v) is 14.8. The third-order valence-corrected chi connectivity index (χ3v) is 6.04. The molecule has 2 amide bonds. The number of urea groups is 1. The average Bonchev–Trinajstić information content (AvgIpc) is 3.00. The minimum Gasteiger partial charge on any atom is -0.338 e. The van der Waals surface area contributed by atoms with Crippen LogP contribution in [0.25, 0.3) is 0 Å². The zero-order valence-electron chi connectivity index (χ0n) is 14.8. The molecule has 0 aromatic carbocycles. The molecule has 3 rings (SSSR count). The van der Waals surface area contributed by atoms with Crippen molar-refractivity contribution in [3.05, 3.63) is 0 Å². The van der Waals surface area contributed by atoms with Gasteiger partial charge in [-0.1, -0.05) is 12.8 Å². The quantitative estimate of drug-likeness (QED) is 0.785. The predicted molar refractivity (Wildman–Crippen MR) is 93.6 cm³/mol. The molecule has 23 heavy (non-hydrogen) atoms. The van der Waals surface area contributed by atoms with Gasteiger partial charge in [0.1, 0.15) is 0 Å². The van der Waals surface area contributed by atoms with Crippen LogP contribution in [0, 0.1) is 11.8 Å². The first-order chi connectivity index (χ1) is 11.2. The fourth-order valence-corrected chi connectivity index (χ4v) is 4.41. The van der Waals surface area contributed by atoms with Gasteiger partial charge in [-0.15, -0.1) is 0 Å². The highest BCUT2D eigenvalue weighted by Gasteiger charge is 2.36. The lowest BCUT2D eigenvalue weighted by Crippen LogP contribution is -2.44. The Labute approximate surface area is 141 Å². The first-order valence-corrected chi connectivity index (χ1v) is 9.66. The topological polar surface area (TPSA) is 38.8 Å². The van der Waals surface area contributed by atoms with Crippen LogP contribution < -0.4 is 5.32 Å². The molecular weight excluding hydrogens is 288 g/mol. The van der Waals surface area contributed by atoms with Crippen LogP contribution in [0.4, 0.5) is 4.79 Å². The summed E-state index contributed by atoms with van der Waals surface area (Å²) >= 11 is 0. The molecule has 0 aromatic rings.